The molecule has 0 aliphatic heterocycles. The van der Waals surface area contributed by atoms with E-state index in [4.69, 9.17) is 15.0 Å². The van der Waals surface area contributed by atoms with Crippen LogP contribution in [0.1, 0.15) is 11.1 Å². The highest BCUT2D eigenvalue weighted by molar-refractivity contribution is 7.89. The van der Waals surface area contributed by atoms with Crippen molar-refractivity contribution in [2.75, 3.05) is 0 Å². The highest BCUT2D eigenvalue weighted by atomic mass is 32.2. The highest BCUT2D eigenvalue weighted by Gasteiger charge is 2.16. The molecule has 0 atom stereocenters. The van der Waals surface area contributed by atoms with Gasteiger partial charge in [-0.1, -0.05) is 36.4 Å². The lowest BCUT2D eigenvalue weighted by Crippen LogP contribution is -2.15. The van der Waals surface area contributed by atoms with Crippen LogP contribution in [0.15, 0.2) is 65.8 Å². The summed E-state index contributed by atoms with van der Waals surface area (Å²) in [6.07, 6.45) is 3.89. The lowest BCUT2D eigenvalue weighted by Gasteiger charge is -2.11. The Morgan fingerprint density at radius 1 is 1.08 bits per heavy atom. The third-order valence-electron chi connectivity index (χ3n) is 3.41. The van der Waals surface area contributed by atoms with Gasteiger partial charge in [0.2, 0.25) is 10.0 Å². The van der Waals surface area contributed by atoms with Crippen molar-refractivity contribution in [1.29, 1.82) is 0 Å². The second kappa shape index (κ2) is 7.67. The van der Waals surface area contributed by atoms with Crippen molar-refractivity contribution in [3.63, 3.8) is 0 Å². The molecule has 0 fully saturated rings. The predicted molar refractivity (Wildman–Crippen MR) is 91.1 cm³/mol. The van der Waals surface area contributed by atoms with Gasteiger partial charge in [-0.3, -0.25) is 9.78 Å². The van der Waals surface area contributed by atoms with Gasteiger partial charge in [0.15, 0.2) is 0 Å². The Labute approximate surface area is 139 Å². The summed E-state index contributed by atoms with van der Waals surface area (Å²) < 4.78 is 23.7. The van der Waals surface area contributed by atoms with Crippen molar-refractivity contribution in [1.82, 2.24) is 4.98 Å². The zero-order valence-electron chi connectivity index (χ0n) is 12.7. The molecule has 1 heterocycles. The number of nitrogens with two attached hydrogens (primary N) is 1. The van der Waals surface area contributed by atoms with E-state index in [-0.39, 0.29) is 11.4 Å². The Bertz CT molecular complexity index is 941. The molecular weight excluding hydrogens is 328 g/mol. The molecule has 3 N–H and O–H groups in total. The maximum absolute atomic E-state index is 11.8. The van der Waals surface area contributed by atoms with Crippen molar-refractivity contribution in [2.45, 2.75) is 11.3 Å². The third kappa shape index (κ3) is 4.15. The van der Waals surface area contributed by atoms with Gasteiger partial charge in [-0.05, 0) is 34.0 Å². The molecule has 0 spiro atoms. The molecule has 24 heavy (non-hydrogen) atoms. The van der Waals surface area contributed by atoms with E-state index in [1.807, 2.05) is 36.4 Å². The molecule has 3 rings (SSSR count). The quantitative estimate of drug-likeness (QED) is 0.708. The van der Waals surface area contributed by atoms with E-state index < -0.39 is 10.0 Å². The lowest BCUT2D eigenvalue weighted by molar-refractivity contribution is -0.122. The summed E-state index contributed by atoms with van der Waals surface area (Å²) in [6.45, 7) is -0.250. The summed E-state index contributed by atoms with van der Waals surface area (Å²) in [4.78, 5) is 12.6. The Hall–Kier alpha value is -2.77. The van der Waals surface area contributed by atoms with Gasteiger partial charge in [0.05, 0.1) is 4.90 Å². The molecule has 0 aliphatic rings. The number of pyridine rings is 1. The molecule has 0 radical (unpaired) electrons. The van der Waals surface area contributed by atoms with Gasteiger partial charge in [-0.25, -0.2) is 13.6 Å². The van der Waals surface area contributed by atoms with Crippen LogP contribution >= 0.6 is 0 Å². The van der Waals surface area contributed by atoms with Crippen molar-refractivity contribution in [3.05, 3.63) is 72.1 Å². The highest BCUT2D eigenvalue weighted by Crippen LogP contribution is 2.27. The zero-order valence-corrected chi connectivity index (χ0v) is 13.5. The number of primary sulfonamides is 1. The summed E-state index contributed by atoms with van der Waals surface area (Å²) in [5.74, 6) is 0. The normalized spacial score (nSPS) is 10.7. The number of benzene rings is 2. The van der Waals surface area contributed by atoms with Crippen LogP contribution in [0.4, 0.5) is 0 Å². The number of rotatable bonds is 3. The number of nitrogens with zero attached hydrogens (tertiary/aromatic N) is 1. The molecular formula is C17H16N2O4S. The molecule has 0 aliphatic carbocycles. The van der Waals surface area contributed by atoms with E-state index in [0.717, 1.165) is 16.3 Å². The largest absolute Gasteiger partial charge is 0.483 e. The Morgan fingerprint density at radius 3 is 2.42 bits per heavy atom. The van der Waals surface area contributed by atoms with E-state index in [2.05, 4.69) is 4.98 Å². The van der Waals surface area contributed by atoms with Crippen LogP contribution in [0.3, 0.4) is 0 Å². The zero-order chi connectivity index (χ0) is 17.6. The van der Waals surface area contributed by atoms with Gasteiger partial charge in [0.25, 0.3) is 6.47 Å². The Kier molecular flexibility index (Phi) is 5.62. The first-order valence-corrected chi connectivity index (χ1v) is 8.52. The number of carbonyl (C=O) groups is 1. The molecule has 0 amide bonds. The number of aromatic nitrogens is 1. The molecule has 1 aromatic heterocycles. The van der Waals surface area contributed by atoms with E-state index >= 15 is 0 Å². The van der Waals surface area contributed by atoms with Crippen LogP contribution in [0, 0.1) is 0 Å². The fraction of sp³-hybridized carbons (Fsp3) is 0.0588. The maximum Gasteiger partial charge on any atom is 0.290 e. The van der Waals surface area contributed by atoms with E-state index in [1.54, 1.807) is 24.5 Å². The van der Waals surface area contributed by atoms with Crippen LogP contribution in [-0.2, 0) is 21.2 Å². The number of hydrogen-bond donors (Lipinski definition) is 2. The topological polar surface area (TPSA) is 110 Å². The van der Waals surface area contributed by atoms with E-state index in [1.165, 1.54) is 0 Å². The second-order valence-corrected chi connectivity index (χ2v) is 6.48. The summed E-state index contributed by atoms with van der Waals surface area (Å²) in [5.41, 5.74) is 1.65. The molecule has 7 heteroatoms. The summed E-state index contributed by atoms with van der Waals surface area (Å²) >= 11 is 0. The van der Waals surface area contributed by atoms with Crippen molar-refractivity contribution in [2.24, 2.45) is 5.14 Å². The number of carboxylic acid groups (broad SMARTS) is 1. The first kappa shape index (κ1) is 17.6. The maximum atomic E-state index is 11.8. The molecule has 0 unspecified atom stereocenters. The monoisotopic (exact) mass is 344 g/mol. The number of sulfonamides is 1. The molecule has 3 aromatic rings. The van der Waals surface area contributed by atoms with E-state index in [0.29, 0.717) is 12.0 Å². The number of hydrogen-bond acceptors (Lipinski definition) is 4. The molecule has 2 aromatic carbocycles. The Balaban J connectivity index is 0.000000647. The number of fused-ring (bicyclic) bond motifs is 1. The van der Waals surface area contributed by atoms with Gasteiger partial charge >= 0.3 is 0 Å². The average Bonchev–Trinajstić information content (AvgIpc) is 2.56. The van der Waals surface area contributed by atoms with Crippen LogP contribution < -0.4 is 5.14 Å². The smallest absolute Gasteiger partial charge is 0.290 e. The Morgan fingerprint density at radius 2 is 1.79 bits per heavy atom. The van der Waals surface area contributed by atoms with Gasteiger partial charge in [-0.15, -0.1) is 0 Å². The first-order valence-electron chi connectivity index (χ1n) is 6.97. The molecule has 0 bridgehead atoms. The molecule has 0 saturated carbocycles. The SMILES string of the molecule is NS(=O)(=O)c1ccc2ccccc2c1Cc1cccnc1.O=CO. The minimum atomic E-state index is -3.77. The van der Waals surface area contributed by atoms with Crippen LogP contribution in [0.5, 0.6) is 0 Å². The first-order chi connectivity index (χ1) is 11.5. The van der Waals surface area contributed by atoms with Gasteiger partial charge in [0.1, 0.15) is 0 Å². The van der Waals surface area contributed by atoms with Crippen LogP contribution in [0.25, 0.3) is 10.8 Å². The summed E-state index contributed by atoms with van der Waals surface area (Å²) in [6, 6.07) is 14.8. The molecule has 124 valence electrons. The summed E-state index contributed by atoms with van der Waals surface area (Å²) in [5, 5.41) is 14.1. The summed E-state index contributed by atoms with van der Waals surface area (Å²) in [7, 11) is -3.77. The van der Waals surface area contributed by atoms with Gasteiger partial charge in [-0.2, -0.15) is 0 Å². The standard InChI is InChI=1S/C16H14N2O2S.CH2O2/c17-21(19,20)16-8-7-13-5-1-2-6-14(13)15(16)10-12-4-3-9-18-11-12;2-1-3/h1-9,11H,10H2,(H2,17,19,20);1H,(H,2,3). The lowest BCUT2D eigenvalue weighted by atomic mass is 9.99. The van der Waals surface area contributed by atoms with Crippen LogP contribution in [-0.4, -0.2) is 25.0 Å². The molecule has 6 nitrogen and oxygen atoms in total. The van der Waals surface area contributed by atoms with Crippen molar-refractivity contribution >= 4 is 27.3 Å². The van der Waals surface area contributed by atoms with Gasteiger partial charge in [0, 0.05) is 18.8 Å². The van der Waals surface area contributed by atoms with Crippen molar-refractivity contribution in [3.8, 4) is 0 Å². The van der Waals surface area contributed by atoms with Crippen LogP contribution in [0.2, 0.25) is 0 Å². The third-order valence-corrected chi connectivity index (χ3v) is 4.40. The van der Waals surface area contributed by atoms with Crippen molar-refractivity contribution < 1.29 is 18.3 Å². The minimum Gasteiger partial charge on any atom is -0.483 e. The average molecular weight is 344 g/mol. The van der Waals surface area contributed by atoms with E-state index in [9.17, 15) is 8.42 Å². The molecule has 0 saturated heterocycles. The predicted octanol–water partition coefficient (Wildman–Crippen LogP) is 2.17. The minimum absolute atomic E-state index is 0.171. The fourth-order valence-electron chi connectivity index (χ4n) is 2.47. The van der Waals surface area contributed by atoms with Gasteiger partial charge < -0.3 is 5.11 Å². The second-order valence-electron chi connectivity index (χ2n) is 4.95. The fourth-order valence-corrected chi connectivity index (χ4v) is 3.25.